The topological polar surface area (TPSA) is 63.8 Å². The number of fused-ring (bicyclic) bond motifs is 1. The number of nitrogens with zero attached hydrogens (tertiary/aromatic N) is 2. The van der Waals surface area contributed by atoms with Crippen LogP contribution < -0.4 is 4.74 Å². The zero-order valence-electron chi connectivity index (χ0n) is 11.4. The van der Waals surface area contributed by atoms with Gasteiger partial charge >= 0.3 is 0 Å². The molecule has 0 radical (unpaired) electrons. The summed E-state index contributed by atoms with van der Waals surface area (Å²) in [6.45, 7) is 5.43. The van der Waals surface area contributed by atoms with Crippen molar-refractivity contribution in [1.29, 1.82) is 0 Å². The Morgan fingerprint density at radius 2 is 2.21 bits per heavy atom. The second-order valence-corrected chi connectivity index (χ2v) is 5.22. The second-order valence-electron chi connectivity index (χ2n) is 5.22. The molecule has 0 bridgehead atoms. The van der Waals surface area contributed by atoms with Crippen molar-refractivity contribution in [3.63, 3.8) is 0 Å². The molecule has 102 valence electrons. The fourth-order valence-electron chi connectivity index (χ4n) is 1.74. The van der Waals surface area contributed by atoms with Gasteiger partial charge in [-0.25, -0.2) is 4.52 Å². The quantitative estimate of drug-likeness (QED) is 0.838. The van der Waals surface area contributed by atoms with Crippen LogP contribution in [-0.2, 0) is 0 Å². The fourth-order valence-corrected chi connectivity index (χ4v) is 1.74. The maximum Gasteiger partial charge on any atom is 0.163 e. The van der Waals surface area contributed by atoms with Crippen molar-refractivity contribution < 1.29 is 14.6 Å². The van der Waals surface area contributed by atoms with Crippen LogP contribution in [0.2, 0.25) is 0 Å². The molecule has 2 rings (SSSR count). The van der Waals surface area contributed by atoms with Gasteiger partial charge in [0.1, 0.15) is 5.75 Å². The summed E-state index contributed by atoms with van der Waals surface area (Å²) in [5, 5.41) is 13.7. The van der Waals surface area contributed by atoms with Crippen molar-refractivity contribution in [3.8, 4) is 5.75 Å². The zero-order chi connectivity index (χ0) is 14.0. The van der Waals surface area contributed by atoms with E-state index < -0.39 is 5.60 Å². The number of Topliss-reactive ketones (excluding diaryl/α,β-unsaturated/α-hetero) is 1. The lowest BCUT2D eigenvalue weighted by molar-refractivity contribution is 0.0552. The molecule has 0 amide bonds. The van der Waals surface area contributed by atoms with Crippen molar-refractivity contribution in [1.82, 2.24) is 9.61 Å². The van der Waals surface area contributed by atoms with Gasteiger partial charge in [0.05, 0.1) is 35.7 Å². The minimum atomic E-state index is -0.738. The van der Waals surface area contributed by atoms with E-state index in [2.05, 4.69) is 5.10 Å². The SMILES string of the molecule is CC(=O)c1cnn2cc(OCCC(C)(C)O)ccc12. The first-order chi connectivity index (χ1) is 8.87. The molecule has 2 aromatic rings. The molecule has 19 heavy (non-hydrogen) atoms. The van der Waals surface area contributed by atoms with E-state index in [9.17, 15) is 9.90 Å². The summed E-state index contributed by atoms with van der Waals surface area (Å²) >= 11 is 0. The first-order valence-corrected chi connectivity index (χ1v) is 6.20. The Hall–Kier alpha value is -1.88. The van der Waals surface area contributed by atoms with Gasteiger partial charge in [0.25, 0.3) is 0 Å². The summed E-state index contributed by atoms with van der Waals surface area (Å²) in [6, 6.07) is 3.61. The van der Waals surface area contributed by atoms with Gasteiger partial charge in [-0.1, -0.05) is 0 Å². The molecular formula is C14H18N2O3. The standard InChI is InChI=1S/C14H18N2O3/c1-10(17)12-8-15-16-9-11(4-5-13(12)16)19-7-6-14(2,3)18/h4-5,8-9,18H,6-7H2,1-3H3. The third kappa shape index (κ3) is 3.32. The Labute approximate surface area is 111 Å². The van der Waals surface area contributed by atoms with E-state index in [1.54, 1.807) is 36.8 Å². The van der Waals surface area contributed by atoms with Crippen LogP contribution in [0.5, 0.6) is 5.75 Å². The number of carbonyl (C=O) groups excluding carboxylic acids is 1. The lowest BCUT2D eigenvalue weighted by atomic mass is 10.1. The summed E-state index contributed by atoms with van der Waals surface area (Å²) in [7, 11) is 0. The molecule has 2 heterocycles. The largest absolute Gasteiger partial charge is 0.492 e. The van der Waals surface area contributed by atoms with Crippen LogP contribution in [0, 0.1) is 0 Å². The van der Waals surface area contributed by atoms with E-state index in [4.69, 9.17) is 4.74 Å². The predicted molar refractivity (Wildman–Crippen MR) is 71.6 cm³/mol. The third-order valence-electron chi connectivity index (χ3n) is 2.85. The Morgan fingerprint density at radius 3 is 2.84 bits per heavy atom. The summed E-state index contributed by atoms with van der Waals surface area (Å²) in [4.78, 5) is 11.4. The van der Waals surface area contributed by atoms with Crippen LogP contribution in [-0.4, -0.2) is 32.7 Å². The number of rotatable bonds is 5. The maximum atomic E-state index is 11.4. The highest BCUT2D eigenvalue weighted by atomic mass is 16.5. The second kappa shape index (κ2) is 5.01. The van der Waals surface area contributed by atoms with Gasteiger partial charge in [0.2, 0.25) is 0 Å². The minimum Gasteiger partial charge on any atom is -0.492 e. The summed E-state index contributed by atoms with van der Waals surface area (Å²) < 4.78 is 7.18. The van der Waals surface area contributed by atoms with Crippen molar-refractivity contribution in [3.05, 3.63) is 30.1 Å². The average molecular weight is 262 g/mol. The first-order valence-electron chi connectivity index (χ1n) is 6.20. The Balaban J connectivity index is 2.12. The Kier molecular flexibility index (Phi) is 3.57. The molecule has 0 aromatic carbocycles. The van der Waals surface area contributed by atoms with Crippen molar-refractivity contribution in [2.24, 2.45) is 0 Å². The molecule has 5 heteroatoms. The summed E-state index contributed by atoms with van der Waals surface area (Å²) in [5.41, 5.74) is 0.628. The number of aromatic nitrogens is 2. The van der Waals surface area contributed by atoms with Crippen molar-refractivity contribution in [2.75, 3.05) is 6.61 Å². The van der Waals surface area contributed by atoms with Gasteiger partial charge in [-0.2, -0.15) is 5.10 Å². The molecule has 0 unspecified atom stereocenters. The van der Waals surface area contributed by atoms with Gasteiger partial charge in [0, 0.05) is 6.42 Å². The Bertz CT molecular complexity index is 596. The molecule has 0 spiro atoms. The number of pyridine rings is 1. The highest BCUT2D eigenvalue weighted by Gasteiger charge is 2.13. The normalized spacial score (nSPS) is 11.8. The van der Waals surface area contributed by atoms with Crippen LogP contribution in [0.1, 0.15) is 37.6 Å². The number of hydrogen-bond donors (Lipinski definition) is 1. The van der Waals surface area contributed by atoms with Crippen LogP contribution in [0.4, 0.5) is 0 Å². The Morgan fingerprint density at radius 1 is 1.47 bits per heavy atom. The van der Waals surface area contributed by atoms with E-state index >= 15 is 0 Å². The molecule has 0 aliphatic heterocycles. The van der Waals surface area contributed by atoms with Crippen molar-refractivity contribution in [2.45, 2.75) is 32.8 Å². The van der Waals surface area contributed by atoms with E-state index in [1.165, 1.54) is 6.92 Å². The van der Waals surface area contributed by atoms with Gasteiger partial charge < -0.3 is 9.84 Å². The predicted octanol–water partition coefficient (Wildman–Crippen LogP) is 2.08. The van der Waals surface area contributed by atoms with E-state index in [-0.39, 0.29) is 5.78 Å². The van der Waals surface area contributed by atoms with Crippen LogP contribution in [0.25, 0.3) is 5.52 Å². The highest BCUT2D eigenvalue weighted by Crippen LogP contribution is 2.17. The monoisotopic (exact) mass is 262 g/mol. The van der Waals surface area contributed by atoms with Crippen LogP contribution >= 0.6 is 0 Å². The average Bonchev–Trinajstić information content (AvgIpc) is 2.70. The number of aliphatic hydroxyl groups is 1. The van der Waals surface area contributed by atoms with Gasteiger partial charge in [-0.15, -0.1) is 0 Å². The maximum absolute atomic E-state index is 11.4. The van der Waals surface area contributed by atoms with Gasteiger partial charge in [-0.05, 0) is 32.9 Å². The molecule has 0 fully saturated rings. The molecule has 0 aliphatic rings. The number of ether oxygens (including phenoxy) is 1. The van der Waals surface area contributed by atoms with Crippen LogP contribution in [0.3, 0.4) is 0 Å². The molecule has 1 N–H and O–H groups in total. The number of hydrogen-bond acceptors (Lipinski definition) is 4. The molecule has 0 saturated carbocycles. The lowest BCUT2D eigenvalue weighted by Crippen LogP contribution is -2.21. The van der Waals surface area contributed by atoms with E-state index in [0.29, 0.717) is 24.3 Å². The number of carbonyl (C=O) groups is 1. The fraction of sp³-hybridized carbons (Fsp3) is 0.429. The molecular weight excluding hydrogens is 244 g/mol. The smallest absolute Gasteiger partial charge is 0.163 e. The molecule has 2 aromatic heterocycles. The van der Waals surface area contributed by atoms with Gasteiger partial charge in [0.15, 0.2) is 5.78 Å². The third-order valence-corrected chi connectivity index (χ3v) is 2.85. The highest BCUT2D eigenvalue weighted by molar-refractivity contribution is 6.00. The van der Waals surface area contributed by atoms with E-state index in [0.717, 1.165) is 5.52 Å². The molecule has 0 atom stereocenters. The molecule has 0 aliphatic carbocycles. The zero-order valence-corrected chi connectivity index (χ0v) is 11.4. The van der Waals surface area contributed by atoms with Crippen molar-refractivity contribution >= 4 is 11.3 Å². The van der Waals surface area contributed by atoms with Gasteiger partial charge in [-0.3, -0.25) is 4.79 Å². The first kappa shape index (κ1) is 13.5. The molecule has 0 saturated heterocycles. The van der Waals surface area contributed by atoms with Crippen LogP contribution in [0.15, 0.2) is 24.5 Å². The molecule has 5 nitrogen and oxygen atoms in total. The summed E-state index contributed by atoms with van der Waals surface area (Å²) in [5.74, 6) is 0.653. The minimum absolute atomic E-state index is 0.00861. The summed E-state index contributed by atoms with van der Waals surface area (Å²) in [6.07, 6.45) is 3.83. The lowest BCUT2D eigenvalue weighted by Gasteiger charge is -2.17. The van der Waals surface area contributed by atoms with E-state index in [1.807, 2.05) is 6.07 Å². The number of ketones is 1.